The lowest BCUT2D eigenvalue weighted by atomic mass is 9.78. The predicted octanol–water partition coefficient (Wildman–Crippen LogP) is 3.72. The molecule has 124 valence electrons. The van der Waals surface area contributed by atoms with E-state index < -0.39 is 30.0 Å². The summed E-state index contributed by atoms with van der Waals surface area (Å²) in [6.07, 6.45) is 1.72. The zero-order valence-corrected chi connectivity index (χ0v) is 14.4. The molecule has 0 spiro atoms. The first kappa shape index (κ1) is 18.2. The second-order valence-electron chi connectivity index (χ2n) is 6.48. The Labute approximate surface area is 140 Å². The summed E-state index contributed by atoms with van der Waals surface area (Å²) in [5.41, 5.74) is -0.797. The van der Waals surface area contributed by atoms with Crippen molar-refractivity contribution in [1.82, 2.24) is 0 Å². The van der Waals surface area contributed by atoms with Crippen LogP contribution in [0.3, 0.4) is 0 Å². The van der Waals surface area contributed by atoms with Crippen LogP contribution in [0.25, 0.3) is 6.08 Å². The van der Waals surface area contributed by atoms with Gasteiger partial charge in [-0.1, -0.05) is 6.08 Å². The van der Waals surface area contributed by atoms with Crippen molar-refractivity contribution >= 4 is 32.1 Å². The second kappa shape index (κ2) is 6.38. The Bertz CT molecular complexity index is 643. The van der Waals surface area contributed by atoms with Crippen LogP contribution >= 0.6 is 12.6 Å². The summed E-state index contributed by atoms with van der Waals surface area (Å²) in [7, 11) is -0.689. The number of halogens is 2. The van der Waals surface area contributed by atoms with E-state index in [1.807, 2.05) is 27.7 Å². The van der Waals surface area contributed by atoms with Gasteiger partial charge >= 0.3 is 7.12 Å². The van der Waals surface area contributed by atoms with Gasteiger partial charge in [-0.2, -0.15) is 12.6 Å². The Morgan fingerprint density at radius 3 is 2.09 bits per heavy atom. The number of thiol groups is 1. The first-order valence-electron chi connectivity index (χ1n) is 7.22. The first-order chi connectivity index (χ1) is 10.6. The zero-order valence-electron chi connectivity index (χ0n) is 13.5. The predicted molar refractivity (Wildman–Crippen MR) is 89.7 cm³/mol. The molecule has 1 aromatic carbocycles. The van der Waals surface area contributed by atoms with Crippen LogP contribution in [0.15, 0.2) is 17.6 Å². The first-order valence-corrected chi connectivity index (χ1v) is 7.85. The van der Waals surface area contributed by atoms with E-state index in [4.69, 9.17) is 9.31 Å². The number of aldehydes is 1. The molecular formula is C16H19BF2O3S. The summed E-state index contributed by atoms with van der Waals surface area (Å²) >= 11 is 4.23. The van der Waals surface area contributed by atoms with Gasteiger partial charge in [-0.15, -0.1) is 0 Å². The van der Waals surface area contributed by atoms with Crippen LogP contribution < -0.4 is 0 Å². The van der Waals surface area contributed by atoms with Gasteiger partial charge in [0.2, 0.25) is 0 Å². The smallest absolute Gasteiger partial charge is 0.400 e. The Kier molecular flexibility index (Phi) is 5.04. The van der Waals surface area contributed by atoms with Crippen LogP contribution in [-0.2, 0) is 9.31 Å². The van der Waals surface area contributed by atoms with Gasteiger partial charge in [-0.3, -0.25) is 4.79 Å². The minimum atomic E-state index is -0.778. The maximum Gasteiger partial charge on any atom is 0.491 e. The Hall–Kier alpha value is -1.18. The van der Waals surface area contributed by atoms with Gasteiger partial charge in [-0.05, 0) is 45.3 Å². The third kappa shape index (κ3) is 3.51. The van der Waals surface area contributed by atoms with Crippen molar-refractivity contribution in [3.05, 3.63) is 40.4 Å². The highest BCUT2D eigenvalue weighted by atomic mass is 32.1. The fourth-order valence-electron chi connectivity index (χ4n) is 2.16. The quantitative estimate of drug-likeness (QED) is 0.515. The summed E-state index contributed by atoms with van der Waals surface area (Å²) < 4.78 is 39.5. The van der Waals surface area contributed by atoms with E-state index in [2.05, 4.69) is 12.6 Å². The molecule has 0 radical (unpaired) electrons. The second-order valence-corrected chi connectivity index (χ2v) is 6.79. The topological polar surface area (TPSA) is 35.5 Å². The SMILES string of the molecule is CC1(C)OB(C(=Cc2cc(F)c(C=O)cc2F)CS)OC1(C)C. The van der Waals surface area contributed by atoms with Crippen molar-refractivity contribution in [2.24, 2.45) is 0 Å². The van der Waals surface area contributed by atoms with Crippen LogP contribution in [0, 0.1) is 11.6 Å². The minimum absolute atomic E-state index is 0.0202. The third-order valence-electron chi connectivity index (χ3n) is 4.32. The van der Waals surface area contributed by atoms with E-state index in [0.717, 1.165) is 12.1 Å². The van der Waals surface area contributed by atoms with Crippen molar-refractivity contribution in [2.45, 2.75) is 38.9 Å². The van der Waals surface area contributed by atoms with Gasteiger partial charge in [0.25, 0.3) is 0 Å². The summed E-state index contributed by atoms with van der Waals surface area (Å²) in [5.74, 6) is -1.21. The molecule has 0 atom stereocenters. The molecule has 1 aliphatic heterocycles. The van der Waals surface area contributed by atoms with Crippen molar-refractivity contribution in [3.8, 4) is 0 Å². The summed E-state index contributed by atoms with van der Waals surface area (Å²) in [4.78, 5) is 10.6. The molecule has 23 heavy (non-hydrogen) atoms. The molecule has 1 aromatic rings. The van der Waals surface area contributed by atoms with Crippen molar-refractivity contribution in [1.29, 1.82) is 0 Å². The third-order valence-corrected chi connectivity index (χ3v) is 4.69. The number of carbonyl (C=O) groups excluding carboxylic acids is 1. The summed E-state index contributed by atoms with van der Waals surface area (Å²) in [6, 6.07) is 1.85. The molecule has 1 heterocycles. The molecular weight excluding hydrogens is 321 g/mol. The average Bonchev–Trinajstić information content (AvgIpc) is 2.67. The molecule has 1 saturated heterocycles. The van der Waals surface area contributed by atoms with E-state index in [1.54, 1.807) is 0 Å². The van der Waals surface area contributed by atoms with Gasteiger partial charge < -0.3 is 9.31 Å². The zero-order chi connectivity index (χ0) is 17.4. The highest BCUT2D eigenvalue weighted by Crippen LogP contribution is 2.39. The van der Waals surface area contributed by atoms with Crippen LogP contribution in [0.1, 0.15) is 43.6 Å². The average molecular weight is 340 g/mol. The standard InChI is InChI=1S/C16H19BF2O3S/c1-15(2)16(3,4)22-17(21-15)12(9-23)5-10-6-14(19)11(8-20)7-13(10)18/h5-8,23H,9H2,1-4H3. The van der Waals surface area contributed by atoms with Gasteiger partial charge in [0.05, 0.1) is 16.8 Å². The van der Waals surface area contributed by atoms with Gasteiger partial charge in [-0.25, -0.2) is 8.78 Å². The summed E-state index contributed by atoms with van der Waals surface area (Å²) in [6.45, 7) is 7.62. The maximum absolute atomic E-state index is 14.0. The van der Waals surface area contributed by atoms with Gasteiger partial charge in [0.1, 0.15) is 11.6 Å². The fraction of sp³-hybridized carbons (Fsp3) is 0.438. The van der Waals surface area contributed by atoms with Gasteiger partial charge in [0, 0.05) is 11.3 Å². The van der Waals surface area contributed by atoms with E-state index in [1.165, 1.54) is 6.08 Å². The minimum Gasteiger partial charge on any atom is -0.400 e. The largest absolute Gasteiger partial charge is 0.491 e. The number of hydrogen-bond acceptors (Lipinski definition) is 4. The van der Waals surface area contributed by atoms with Crippen LogP contribution in [0.4, 0.5) is 8.78 Å². The van der Waals surface area contributed by atoms with Gasteiger partial charge in [0.15, 0.2) is 6.29 Å². The lowest BCUT2D eigenvalue weighted by Gasteiger charge is -2.32. The Morgan fingerprint density at radius 1 is 1.13 bits per heavy atom. The van der Waals surface area contributed by atoms with E-state index in [9.17, 15) is 13.6 Å². The maximum atomic E-state index is 14.0. The molecule has 0 N–H and O–H groups in total. The van der Waals surface area contributed by atoms with E-state index in [0.29, 0.717) is 5.47 Å². The molecule has 0 amide bonds. The normalized spacial score (nSPS) is 20.0. The molecule has 0 aromatic heterocycles. The number of rotatable bonds is 4. The van der Waals surface area contributed by atoms with Crippen molar-refractivity contribution in [3.63, 3.8) is 0 Å². The molecule has 3 nitrogen and oxygen atoms in total. The summed E-state index contributed by atoms with van der Waals surface area (Å²) in [5, 5.41) is 0. The van der Waals surface area contributed by atoms with Crippen molar-refractivity contribution in [2.75, 3.05) is 5.75 Å². The number of benzene rings is 1. The van der Waals surface area contributed by atoms with Crippen LogP contribution in [-0.4, -0.2) is 30.4 Å². The van der Waals surface area contributed by atoms with Crippen LogP contribution in [0.2, 0.25) is 0 Å². The molecule has 1 aliphatic rings. The molecule has 0 bridgehead atoms. The fourth-order valence-corrected chi connectivity index (χ4v) is 2.40. The van der Waals surface area contributed by atoms with Crippen molar-refractivity contribution < 1.29 is 22.9 Å². The Morgan fingerprint density at radius 2 is 1.61 bits per heavy atom. The molecule has 0 unspecified atom stereocenters. The highest BCUT2D eigenvalue weighted by molar-refractivity contribution is 7.80. The molecule has 1 fully saturated rings. The van der Waals surface area contributed by atoms with Crippen LogP contribution in [0.5, 0.6) is 0 Å². The number of hydrogen-bond donors (Lipinski definition) is 1. The Balaban J connectivity index is 2.37. The lowest BCUT2D eigenvalue weighted by molar-refractivity contribution is 0.00578. The molecule has 2 rings (SSSR count). The lowest BCUT2D eigenvalue weighted by Crippen LogP contribution is -2.41. The monoisotopic (exact) mass is 340 g/mol. The number of carbonyl (C=O) groups is 1. The van der Waals surface area contributed by atoms with E-state index >= 15 is 0 Å². The molecule has 7 heteroatoms. The van der Waals surface area contributed by atoms with E-state index in [-0.39, 0.29) is 23.2 Å². The molecule has 0 saturated carbocycles. The molecule has 0 aliphatic carbocycles. The highest BCUT2D eigenvalue weighted by Gasteiger charge is 2.52.